The standard InChI is InChI=1S/C30H27N5O3/c36-28-23-10-5-4-9-22(23)26(33-34-28)20-13-30(14-20)15-21(16-30)32-29(37)24-17-31-27-25(11-6-12-35(24)27)38-18-19-7-2-1-3-8-19/h1-12,17,20-21H,13-16,18H2,(H,32,37)(H,34,36)/t20-,21-,30?. The van der Waals surface area contributed by atoms with Crippen molar-refractivity contribution in [1.29, 1.82) is 0 Å². The van der Waals surface area contributed by atoms with Crippen molar-refractivity contribution in [2.45, 2.75) is 44.2 Å². The number of nitrogens with zero attached hydrogens (tertiary/aromatic N) is 3. The van der Waals surface area contributed by atoms with Crippen molar-refractivity contribution in [1.82, 2.24) is 24.9 Å². The molecule has 3 heterocycles. The minimum absolute atomic E-state index is 0.123. The van der Waals surface area contributed by atoms with E-state index in [0.717, 1.165) is 42.3 Å². The van der Waals surface area contributed by atoms with Gasteiger partial charge in [-0.3, -0.25) is 14.0 Å². The van der Waals surface area contributed by atoms with Crippen LogP contribution in [-0.4, -0.2) is 31.5 Å². The molecular weight excluding hydrogens is 478 g/mol. The lowest BCUT2D eigenvalue weighted by molar-refractivity contribution is -0.0197. The third-order valence-electron chi connectivity index (χ3n) is 8.13. The Morgan fingerprint density at radius 2 is 1.76 bits per heavy atom. The van der Waals surface area contributed by atoms with Crippen LogP contribution in [0.5, 0.6) is 5.75 Å². The summed E-state index contributed by atoms with van der Waals surface area (Å²) in [6.07, 6.45) is 7.42. The Bertz CT molecular complexity index is 1710. The monoisotopic (exact) mass is 505 g/mol. The van der Waals surface area contributed by atoms with Gasteiger partial charge in [-0.15, -0.1) is 0 Å². The van der Waals surface area contributed by atoms with Crippen LogP contribution in [0.4, 0.5) is 0 Å². The zero-order valence-electron chi connectivity index (χ0n) is 20.8. The Kier molecular flexibility index (Phi) is 5.28. The number of H-pyrrole nitrogens is 1. The first kappa shape index (κ1) is 22.7. The normalized spacial score (nSPS) is 22.2. The average Bonchev–Trinajstić information content (AvgIpc) is 3.34. The summed E-state index contributed by atoms with van der Waals surface area (Å²) in [6.45, 7) is 0.435. The quantitative estimate of drug-likeness (QED) is 0.351. The highest BCUT2D eigenvalue weighted by molar-refractivity contribution is 5.93. The molecule has 2 aliphatic rings. The van der Waals surface area contributed by atoms with Crippen molar-refractivity contribution in [3.63, 3.8) is 0 Å². The maximum absolute atomic E-state index is 13.1. The Morgan fingerprint density at radius 3 is 2.58 bits per heavy atom. The Morgan fingerprint density at radius 1 is 1.00 bits per heavy atom. The van der Waals surface area contributed by atoms with Crippen LogP contribution in [0, 0.1) is 5.41 Å². The van der Waals surface area contributed by atoms with Gasteiger partial charge in [0.2, 0.25) is 0 Å². The highest BCUT2D eigenvalue weighted by Crippen LogP contribution is 2.62. The molecule has 1 amide bonds. The zero-order chi connectivity index (χ0) is 25.7. The third kappa shape index (κ3) is 3.84. The van der Waals surface area contributed by atoms with Gasteiger partial charge in [0.25, 0.3) is 11.5 Å². The summed E-state index contributed by atoms with van der Waals surface area (Å²) in [7, 11) is 0. The second-order valence-electron chi connectivity index (χ2n) is 10.7. The van der Waals surface area contributed by atoms with Crippen LogP contribution in [0.1, 0.15) is 53.3 Å². The second-order valence-corrected chi connectivity index (χ2v) is 10.7. The lowest BCUT2D eigenvalue weighted by atomic mass is 9.49. The number of aromatic nitrogens is 4. The van der Waals surface area contributed by atoms with Crippen LogP contribution in [0.3, 0.4) is 0 Å². The summed E-state index contributed by atoms with van der Waals surface area (Å²) >= 11 is 0. The fourth-order valence-electron chi connectivity index (χ4n) is 6.31. The molecule has 3 aromatic heterocycles. The van der Waals surface area contributed by atoms with Crippen molar-refractivity contribution in [2.75, 3.05) is 0 Å². The molecule has 0 aliphatic heterocycles. The predicted molar refractivity (Wildman–Crippen MR) is 143 cm³/mol. The average molecular weight is 506 g/mol. The number of benzene rings is 2. The van der Waals surface area contributed by atoms with Gasteiger partial charge in [-0.2, -0.15) is 5.10 Å². The molecular formula is C30H27N5O3. The van der Waals surface area contributed by atoms with E-state index in [2.05, 4.69) is 20.5 Å². The van der Waals surface area contributed by atoms with Gasteiger partial charge in [0.15, 0.2) is 11.4 Å². The van der Waals surface area contributed by atoms with Gasteiger partial charge in [-0.25, -0.2) is 10.1 Å². The summed E-state index contributed by atoms with van der Waals surface area (Å²) in [4.78, 5) is 29.7. The van der Waals surface area contributed by atoms with Gasteiger partial charge >= 0.3 is 0 Å². The van der Waals surface area contributed by atoms with Crippen molar-refractivity contribution in [2.24, 2.45) is 5.41 Å². The third-order valence-corrected chi connectivity index (χ3v) is 8.13. The molecule has 8 heteroatoms. The van der Waals surface area contributed by atoms with Crippen molar-refractivity contribution >= 4 is 22.3 Å². The molecule has 0 unspecified atom stereocenters. The SMILES string of the molecule is O=C(N[C@H]1CC2(C1)C[C@H](c1n[nH]c(=O)c3ccccc31)C2)c1cnc2c(OCc3ccccc3)cccn12. The van der Waals surface area contributed by atoms with Crippen LogP contribution in [0.25, 0.3) is 16.4 Å². The highest BCUT2D eigenvalue weighted by Gasteiger charge is 2.54. The second kappa shape index (κ2) is 8.83. The number of carbonyl (C=O) groups excluding carboxylic acids is 1. The molecule has 2 saturated carbocycles. The van der Waals surface area contributed by atoms with E-state index in [-0.39, 0.29) is 22.9 Å². The molecule has 1 spiro atoms. The van der Waals surface area contributed by atoms with E-state index >= 15 is 0 Å². The van der Waals surface area contributed by atoms with Gasteiger partial charge in [0, 0.05) is 23.5 Å². The van der Waals surface area contributed by atoms with Crippen LogP contribution >= 0.6 is 0 Å². The molecule has 5 aromatic rings. The molecule has 0 saturated heterocycles. The number of pyridine rings is 1. The lowest BCUT2D eigenvalue weighted by Crippen LogP contribution is -2.55. The van der Waals surface area contributed by atoms with E-state index in [0.29, 0.717) is 35.0 Å². The maximum Gasteiger partial charge on any atom is 0.272 e. The van der Waals surface area contributed by atoms with Crippen LogP contribution < -0.4 is 15.6 Å². The topological polar surface area (TPSA) is 101 Å². The molecule has 0 radical (unpaired) electrons. The number of hydrogen-bond donors (Lipinski definition) is 2. The number of aromatic amines is 1. The van der Waals surface area contributed by atoms with E-state index in [9.17, 15) is 9.59 Å². The van der Waals surface area contributed by atoms with Gasteiger partial charge < -0.3 is 10.1 Å². The Labute approximate surface area is 218 Å². The number of amides is 1. The van der Waals surface area contributed by atoms with Gasteiger partial charge in [-0.1, -0.05) is 48.5 Å². The van der Waals surface area contributed by atoms with Crippen LogP contribution in [-0.2, 0) is 6.61 Å². The summed E-state index contributed by atoms with van der Waals surface area (Å²) in [5.41, 5.74) is 3.28. The van der Waals surface area contributed by atoms with Gasteiger partial charge in [-0.05, 0) is 54.9 Å². The van der Waals surface area contributed by atoms with E-state index < -0.39 is 0 Å². The van der Waals surface area contributed by atoms with E-state index in [4.69, 9.17) is 4.74 Å². The van der Waals surface area contributed by atoms with Gasteiger partial charge in [0.05, 0.1) is 17.3 Å². The molecule has 8 nitrogen and oxygen atoms in total. The highest BCUT2D eigenvalue weighted by atomic mass is 16.5. The molecule has 190 valence electrons. The number of ether oxygens (including phenoxy) is 1. The molecule has 2 aliphatic carbocycles. The van der Waals surface area contributed by atoms with Crippen LogP contribution in [0.15, 0.2) is 83.9 Å². The van der Waals surface area contributed by atoms with E-state index in [1.54, 1.807) is 10.6 Å². The molecule has 2 fully saturated rings. The minimum Gasteiger partial charge on any atom is -0.485 e. The number of carbonyl (C=O) groups is 1. The summed E-state index contributed by atoms with van der Waals surface area (Å²) in [6, 6.07) is 21.5. The first-order valence-electron chi connectivity index (χ1n) is 13.0. The molecule has 0 atom stereocenters. The first-order valence-corrected chi connectivity index (χ1v) is 13.0. The largest absolute Gasteiger partial charge is 0.485 e. The van der Waals surface area contributed by atoms with Gasteiger partial charge in [0.1, 0.15) is 12.3 Å². The Balaban J connectivity index is 0.989. The van der Waals surface area contributed by atoms with Crippen LogP contribution in [0.2, 0.25) is 0 Å². The molecule has 38 heavy (non-hydrogen) atoms. The first-order chi connectivity index (χ1) is 18.6. The van der Waals surface area contributed by atoms with E-state index in [1.165, 1.54) is 0 Å². The minimum atomic E-state index is -0.146. The smallest absolute Gasteiger partial charge is 0.272 e. The summed E-state index contributed by atoms with van der Waals surface area (Å²) < 4.78 is 7.79. The fraction of sp³-hybridized carbons (Fsp3) is 0.267. The van der Waals surface area contributed by atoms with E-state index in [1.807, 2.05) is 72.9 Å². The molecule has 0 bridgehead atoms. The molecule has 2 N–H and O–H groups in total. The number of fused-ring (bicyclic) bond motifs is 2. The number of hydrogen-bond acceptors (Lipinski definition) is 5. The summed E-state index contributed by atoms with van der Waals surface area (Å²) in [5, 5.41) is 11.9. The maximum atomic E-state index is 13.1. The fourth-order valence-corrected chi connectivity index (χ4v) is 6.31. The number of nitrogens with one attached hydrogen (secondary N) is 2. The van der Waals surface area contributed by atoms with Crippen molar-refractivity contribution in [3.8, 4) is 5.75 Å². The molecule has 7 rings (SSSR count). The van der Waals surface area contributed by atoms with Crippen molar-refractivity contribution < 1.29 is 9.53 Å². The lowest BCUT2D eigenvalue weighted by Gasteiger charge is -2.57. The van der Waals surface area contributed by atoms with Crippen molar-refractivity contribution in [3.05, 3.63) is 106 Å². The Hall–Kier alpha value is -4.46. The predicted octanol–water partition coefficient (Wildman–Crippen LogP) is 4.61. The zero-order valence-corrected chi connectivity index (χ0v) is 20.8. The number of rotatable bonds is 6. The number of imidazole rings is 1. The summed E-state index contributed by atoms with van der Waals surface area (Å²) in [5.74, 6) is 0.852. The molecule has 2 aromatic carbocycles.